The van der Waals surface area contributed by atoms with Crippen LogP contribution in [0.5, 0.6) is 0 Å². The number of nitrogens with one attached hydrogen (secondary N) is 1. The summed E-state index contributed by atoms with van der Waals surface area (Å²) in [7, 11) is 0. The van der Waals surface area contributed by atoms with Crippen LogP contribution in [0, 0.1) is 6.92 Å². The fourth-order valence-corrected chi connectivity index (χ4v) is 4.58. The number of unbranched alkanes of at least 4 members (excludes halogenated alkanes) is 1. The monoisotopic (exact) mass is 367 g/mol. The molecule has 0 aromatic carbocycles. The molecule has 0 aliphatic carbocycles. The summed E-state index contributed by atoms with van der Waals surface area (Å²) < 4.78 is 2.52. The Morgan fingerprint density at radius 3 is 3.09 bits per heavy atom. The average molecular weight is 368 g/mol. The maximum absolute atomic E-state index is 12.1. The minimum absolute atomic E-state index is 0.0245. The van der Waals surface area contributed by atoms with Gasteiger partial charge in [-0.1, -0.05) is 36.4 Å². The van der Waals surface area contributed by atoms with Crippen molar-refractivity contribution in [1.82, 2.24) is 19.6 Å². The summed E-state index contributed by atoms with van der Waals surface area (Å²) >= 11 is 4.58. The topological polar surface area (TPSA) is 72.2 Å². The molecule has 0 radical (unpaired) electrons. The third-order valence-electron chi connectivity index (χ3n) is 3.19. The van der Waals surface area contributed by atoms with Crippen molar-refractivity contribution < 1.29 is 0 Å². The lowest BCUT2D eigenvalue weighted by Crippen LogP contribution is -2.14. The molecule has 0 spiro atoms. The van der Waals surface area contributed by atoms with Gasteiger partial charge in [-0.2, -0.15) is 0 Å². The van der Waals surface area contributed by atoms with Gasteiger partial charge in [-0.15, -0.1) is 21.5 Å². The summed E-state index contributed by atoms with van der Waals surface area (Å²) in [6.45, 7) is 4.99. The highest BCUT2D eigenvalue weighted by Crippen LogP contribution is 2.28. The number of thiazole rings is 1. The highest BCUT2D eigenvalue weighted by atomic mass is 32.2. The van der Waals surface area contributed by atoms with Crippen LogP contribution in [-0.2, 0) is 5.75 Å². The molecule has 0 aliphatic heterocycles. The van der Waals surface area contributed by atoms with E-state index in [4.69, 9.17) is 0 Å². The van der Waals surface area contributed by atoms with E-state index >= 15 is 0 Å². The summed E-state index contributed by atoms with van der Waals surface area (Å²) in [4.78, 5) is 17.4. The molecule has 6 nitrogen and oxygen atoms in total. The number of hydrogen-bond donors (Lipinski definition) is 1. The Balaban J connectivity index is 1.65. The van der Waals surface area contributed by atoms with Crippen LogP contribution in [0.25, 0.3) is 4.96 Å². The summed E-state index contributed by atoms with van der Waals surface area (Å²) in [6, 6.07) is 1.60. The molecule has 9 heteroatoms. The van der Waals surface area contributed by atoms with Crippen LogP contribution < -0.4 is 10.9 Å². The number of hydrogen-bond acceptors (Lipinski definition) is 8. The predicted octanol–water partition coefficient (Wildman–Crippen LogP) is 3.42. The van der Waals surface area contributed by atoms with E-state index < -0.39 is 0 Å². The molecule has 0 atom stereocenters. The highest BCUT2D eigenvalue weighted by molar-refractivity contribution is 8.00. The van der Waals surface area contributed by atoms with Crippen molar-refractivity contribution in [3.05, 3.63) is 33.2 Å². The van der Waals surface area contributed by atoms with E-state index in [9.17, 15) is 4.79 Å². The first-order valence-corrected chi connectivity index (χ1v) is 10.0. The highest BCUT2D eigenvalue weighted by Gasteiger charge is 2.09. The molecular formula is C14H17N5OS3. The third-order valence-corrected chi connectivity index (χ3v) is 6.18. The molecule has 3 aromatic heterocycles. The number of nitrogens with zero attached hydrogens (tertiary/aromatic N) is 4. The van der Waals surface area contributed by atoms with Gasteiger partial charge in [0.05, 0.1) is 5.69 Å². The first kappa shape index (κ1) is 16.4. The molecule has 3 heterocycles. The number of thioether (sulfide) groups is 1. The normalized spacial score (nSPS) is 11.2. The molecule has 0 saturated heterocycles. The van der Waals surface area contributed by atoms with Crippen LogP contribution in [0.2, 0.25) is 0 Å². The van der Waals surface area contributed by atoms with Gasteiger partial charge in [0, 0.05) is 29.4 Å². The quantitative estimate of drug-likeness (QED) is 0.509. The Morgan fingerprint density at radius 1 is 1.39 bits per heavy atom. The third kappa shape index (κ3) is 3.91. The molecule has 3 rings (SSSR count). The lowest BCUT2D eigenvalue weighted by Gasteiger charge is -2.00. The standard InChI is InChI=1S/C14H17N5OS3/c1-3-4-5-15-12-17-18-14(23-12)22-8-10-6-11(20)19-9(2)7-21-13(19)16-10/h6-7H,3-5,8H2,1-2H3,(H,15,17). The van der Waals surface area contributed by atoms with E-state index in [1.165, 1.54) is 22.7 Å². The van der Waals surface area contributed by atoms with Gasteiger partial charge in [0.15, 0.2) is 9.30 Å². The molecular weight excluding hydrogens is 350 g/mol. The van der Waals surface area contributed by atoms with Gasteiger partial charge in [-0.05, 0) is 13.3 Å². The second-order valence-corrected chi connectivity index (χ2v) is 8.06. The first-order valence-electron chi connectivity index (χ1n) is 7.34. The van der Waals surface area contributed by atoms with Gasteiger partial charge in [0.2, 0.25) is 5.13 Å². The Kier molecular flexibility index (Phi) is 5.29. The van der Waals surface area contributed by atoms with Crippen molar-refractivity contribution in [3.8, 4) is 0 Å². The number of rotatable bonds is 7. The second-order valence-electron chi connectivity index (χ2n) is 5.02. The SMILES string of the molecule is CCCCNc1nnc(SCc2cc(=O)n3c(C)csc3n2)s1. The van der Waals surface area contributed by atoms with Crippen LogP contribution >= 0.6 is 34.4 Å². The first-order chi connectivity index (χ1) is 11.2. The second kappa shape index (κ2) is 7.41. The van der Waals surface area contributed by atoms with Gasteiger partial charge < -0.3 is 5.32 Å². The predicted molar refractivity (Wildman–Crippen MR) is 96.9 cm³/mol. The van der Waals surface area contributed by atoms with Crippen molar-refractivity contribution in [3.63, 3.8) is 0 Å². The summed E-state index contributed by atoms with van der Waals surface area (Å²) in [6.07, 6.45) is 2.27. The number of fused-ring (bicyclic) bond motifs is 1. The van der Waals surface area contributed by atoms with Crippen molar-refractivity contribution in [2.45, 2.75) is 36.8 Å². The molecule has 0 unspecified atom stereocenters. The van der Waals surface area contributed by atoms with Crippen LogP contribution in [0.3, 0.4) is 0 Å². The molecule has 3 aromatic rings. The van der Waals surface area contributed by atoms with Crippen molar-refractivity contribution in [2.75, 3.05) is 11.9 Å². The van der Waals surface area contributed by atoms with Gasteiger partial charge >= 0.3 is 0 Å². The van der Waals surface area contributed by atoms with E-state index in [1.807, 2.05) is 12.3 Å². The van der Waals surface area contributed by atoms with Gasteiger partial charge in [0.1, 0.15) is 0 Å². The van der Waals surface area contributed by atoms with E-state index in [2.05, 4.69) is 27.4 Å². The zero-order valence-electron chi connectivity index (χ0n) is 12.9. The van der Waals surface area contributed by atoms with Gasteiger partial charge in [0.25, 0.3) is 5.56 Å². The minimum Gasteiger partial charge on any atom is -0.360 e. The van der Waals surface area contributed by atoms with Crippen molar-refractivity contribution in [2.24, 2.45) is 0 Å². The van der Waals surface area contributed by atoms with Gasteiger partial charge in [-0.25, -0.2) is 4.98 Å². The van der Waals surface area contributed by atoms with E-state index in [0.29, 0.717) is 5.75 Å². The summed E-state index contributed by atoms with van der Waals surface area (Å²) in [5.74, 6) is 0.617. The molecule has 0 aliphatic rings. The number of anilines is 1. The Morgan fingerprint density at radius 2 is 2.26 bits per heavy atom. The van der Waals surface area contributed by atoms with Crippen LogP contribution in [0.4, 0.5) is 5.13 Å². The van der Waals surface area contributed by atoms with Crippen molar-refractivity contribution >= 4 is 44.5 Å². The Hall–Kier alpha value is -1.45. The summed E-state index contributed by atoms with van der Waals surface area (Å²) in [5, 5.41) is 14.3. The average Bonchev–Trinajstić information content (AvgIpc) is 3.13. The van der Waals surface area contributed by atoms with Crippen LogP contribution in [0.15, 0.2) is 20.6 Å². The molecule has 0 saturated carbocycles. The zero-order chi connectivity index (χ0) is 16.2. The summed E-state index contributed by atoms with van der Waals surface area (Å²) in [5.41, 5.74) is 1.68. The van der Waals surface area contributed by atoms with E-state index in [0.717, 1.165) is 45.2 Å². The molecule has 0 bridgehead atoms. The molecule has 0 amide bonds. The minimum atomic E-state index is -0.0245. The van der Waals surface area contributed by atoms with Crippen LogP contribution in [-0.4, -0.2) is 26.1 Å². The smallest absolute Gasteiger partial charge is 0.258 e. The molecule has 122 valence electrons. The largest absolute Gasteiger partial charge is 0.360 e. The van der Waals surface area contributed by atoms with Crippen LogP contribution in [0.1, 0.15) is 31.2 Å². The molecule has 23 heavy (non-hydrogen) atoms. The maximum atomic E-state index is 12.1. The van der Waals surface area contributed by atoms with E-state index in [1.54, 1.807) is 22.2 Å². The fraction of sp³-hybridized carbons (Fsp3) is 0.429. The molecule has 0 fully saturated rings. The fourth-order valence-electron chi connectivity index (χ4n) is 2.02. The van der Waals surface area contributed by atoms with Crippen molar-refractivity contribution in [1.29, 1.82) is 0 Å². The lowest BCUT2D eigenvalue weighted by molar-refractivity contribution is 0.830. The number of aryl methyl sites for hydroxylation is 1. The van der Waals surface area contributed by atoms with E-state index in [-0.39, 0.29) is 5.56 Å². The number of aromatic nitrogens is 4. The Labute approximate surface area is 146 Å². The zero-order valence-corrected chi connectivity index (χ0v) is 15.4. The maximum Gasteiger partial charge on any atom is 0.258 e. The Bertz CT molecular complexity index is 854. The molecule has 1 N–H and O–H groups in total. The lowest BCUT2D eigenvalue weighted by atomic mass is 10.3. The van der Waals surface area contributed by atoms with Gasteiger partial charge in [-0.3, -0.25) is 9.20 Å².